The lowest BCUT2D eigenvalue weighted by molar-refractivity contribution is -0.183. The number of aliphatic hydroxyl groups excluding tert-OH is 1. The van der Waals surface area contributed by atoms with Crippen molar-refractivity contribution in [3.05, 3.63) is 29.8 Å². The zero-order valence-corrected chi connectivity index (χ0v) is 8.98. The van der Waals surface area contributed by atoms with Crippen LogP contribution < -0.4 is 0 Å². The Morgan fingerprint density at radius 3 is 2.44 bits per heavy atom. The Kier molecular flexibility index (Phi) is 4.27. The quantitative estimate of drug-likeness (QED) is 0.259. The number of aliphatic carboxylic acids is 1. The molecule has 1 atom stereocenters. The van der Waals surface area contributed by atoms with Gasteiger partial charge in [-0.3, -0.25) is 0 Å². The molecule has 0 aliphatic rings. The third-order valence-electron chi connectivity index (χ3n) is 1.85. The molecule has 7 heteroatoms. The maximum atomic E-state index is 11.0. The second-order valence-corrected chi connectivity index (χ2v) is 3.21. The molecule has 7 nitrogen and oxygen atoms in total. The molecule has 0 aliphatic carbocycles. The van der Waals surface area contributed by atoms with Crippen molar-refractivity contribution in [2.24, 2.45) is 0 Å². The number of carboxylic acid groups (broad SMARTS) is 1. The maximum absolute atomic E-state index is 11.0. The van der Waals surface area contributed by atoms with Gasteiger partial charge in [0.05, 0.1) is 0 Å². The number of hydrogen-bond donors (Lipinski definition) is 4. The largest absolute Gasteiger partial charge is 0.504 e. The zero-order chi connectivity index (χ0) is 13.7. The number of phenolic OH excluding ortho intramolecular Hbond substituents is 2. The van der Waals surface area contributed by atoms with E-state index in [2.05, 4.69) is 4.74 Å². The summed E-state index contributed by atoms with van der Waals surface area (Å²) in [6.07, 6.45) is -0.135. The Morgan fingerprint density at radius 2 is 1.89 bits per heavy atom. The number of aromatic hydroxyl groups is 2. The van der Waals surface area contributed by atoms with Crippen LogP contribution in [0.4, 0.5) is 0 Å². The molecule has 0 aliphatic heterocycles. The molecule has 0 spiro atoms. The van der Waals surface area contributed by atoms with Gasteiger partial charge in [0.25, 0.3) is 6.29 Å². The first kappa shape index (κ1) is 13.5. The average molecular weight is 254 g/mol. The van der Waals surface area contributed by atoms with Crippen LogP contribution >= 0.6 is 0 Å². The van der Waals surface area contributed by atoms with Gasteiger partial charge in [-0.2, -0.15) is 0 Å². The van der Waals surface area contributed by atoms with Crippen LogP contribution in [0.1, 0.15) is 5.56 Å². The summed E-state index contributed by atoms with van der Waals surface area (Å²) in [6, 6.07) is 3.81. The molecule has 0 fully saturated rings. The standard InChI is InChI=1S/C11H10O7/c12-7-3-1-6(5-8(7)13)2-4-9(14)18-11(17)10(15)16/h1-5,11-13,17H,(H,15,16)/b4-2+/t11-/m0/s1. The highest BCUT2D eigenvalue weighted by molar-refractivity contribution is 5.88. The van der Waals surface area contributed by atoms with Gasteiger partial charge in [0.2, 0.25) is 0 Å². The van der Waals surface area contributed by atoms with E-state index in [0.29, 0.717) is 5.56 Å². The van der Waals surface area contributed by atoms with Gasteiger partial charge in [-0.25, -0.2) is 9.59 Å². The van der Waals surface area contributed by atoms with Gasteiger partial charge in [-0.1, -0.05) is 6.07 Å². The predicted octanol–water partition coefficient (Wildman–Crippen LogP) is 0.0572. The molecular formula is C11H10O7. The summed E-state index contributed by atoms with van der Waals surface area (Å²) >= 11 is 0. The zero-order valence-electron chi connectivity index (χ0n) is 8.98. The molecule has 0 amide bonds. The fourth-order valence-corrected chi connectivity index (χ4v) is 1.01. The van der Waals surface area contributed by atoms with Crippen LogP contribution in [0.2, 0.25) is 0 Å². The van der Waals surface area contributed by atoms with Crippen LogP contribution in [-0.4, -0.2) is 38.7 Å². The van der Waals surface area contributed by atoms with E-state index in [1.165, 1.54) is 24.3 Å². The van der Waals surface area contributed by atoms with E-state index in [1.54, 1.807) is 0 Å². The van der Waals surface area contributed by atoms with Gasteiger partial charge in [0.15, 0.2) is 11.5 Å². The van der Waals surface area contributed by atoms with Gasteiger partial charge in [0.1, 0.15) is 0 Å². The van der Waals surface area contributed by atoms with Gasteiger partial charge in [-0.15, -0.1) is 0 Å². The first-order valence-corrected chi connectivity index (χ1v) is 4.71. The lowest BCUT2D eigenvalue weighted by atomic mass is 10.2. The van der Waals surface area contributed by atoms with Crippen molar-refractivity contribution in [2.45, 2.75) is 6.29 Å². The van der Waals surface area contributed by atoms with E-state index in [9.17, 15) is 9.59 Å². The Bertz CT molecular complexity index is 492. The fourth-order valence-electron chi connectivity index (χ4n) is 1.01. The van der Waals surface area contributed by atoms with Crippen molar-refractivity contribution in [1.82, 2.24) is 0 Å². The summed E-state index contributed by atoms with van der Waals surface area (Å²) in [4.78, 5) is 21.2. The molecule has 1 aromatic rings. The number of hydrogen-bond acceptors (Lipinski definition) is 6. The van der Waals surface area contributed by atoms with Crippen LogP contribution in [0.25, 0.3) is 6.08 Å². The van der Waals surface area contributed by atoms with Crippen LogP contribution in [0.3, 0.4) is 0 Å². The smallest absolute Gasteiger partial charge is 0.373 e. The summed E-state index contributed by atoms with van der Waals surface area (Å²) in [5.74, 6) is -3.41. The Hall–Kier alpha value is -2.54. The molecule has 0 saturated heterocycles. The molecule has 0 radical (unpaired) electrons. The molecule has 0 unspecified atom stereocenters. The maximum Gasteiger partial charge on any atom is 0.373 e. The summed E-state index contributed by atoms with van der Waals surface area (Å²) in [6.45, 7) is 0. The molecule has 18 heavy (non-hydrogen) atoms. The molecule has 1 rings (SSSR count). The van der Waals surface area contributed by atoms with Crippen molar-refractivity contribution in [3.63, 3.8) is 0 Å². The van der Waals surface area contributed by atoms with E-state index in [-0.39, 0.29) is 11.5 Å². The average Bonchev–Trinajstić information content (AvgIpc) is 2.30. The number of rotatable bonds is 4. The number of ether oxygens (including phenoxy) is 1. The number of benzene rings is 1. The molecule has 1 aromatic carbocycles. The molecule has 0 saturated carbocycles. The van der Waals surface area contributed by atoms with E-state index in [0.717, 1.165) is 6.08 Å². The van der Waals surface area contributed by atoms with Gasteiger partial charge in [-0.05, 0) is 23.8 Å². The summed E-state index contributed by atoms with van der Waals surface area (Å²) in [5, 5.41) is 35.2. The monoisotopic (exact) mass is 254 g/mol. The number of aliphatic hydroxyl groups is 1. The number of carbonyl (C=O) groups excluding carboxylic acids is 1. The number of phenols is 2. The summed E-state index contributed by atoms with van der Waals surface area (Å²) in [7, 11) is 0. The molecule has 0 bridgehead atoms. The molecular weight excluding hydrogens is 244 g/mol. The Labute approximate surface area is 101 Å². The summed E-state index contributed by atoms with van der Waals surface area (Å²) < 4.78 is 4.11. The third-order valence-corrected chi connectivity index (χ3v) is 1.85. The second kappa shape index (κ2) is 5.69. The van der Waals surface area contributed by atoms with Crippen molar-refractivity contribution in [3.8, 4) is 11.5 Å². The minimum Gasteiger partial charge on any atom is -0.504 e. The number of carboxylic acids is 1. The minimum absolute atomic E-state index is 0.309. The highest BCUT2D eigenvalue weighted by Crippen LogP contribution is 2.25. The van der Waals surface area contributed by atoms with E-state index < -0.39 is 18.2 Å². The second-order valence-electron chi connectivity index (χ2n) is 3.21. The van der Waals surface area contributed by atoms with E-state index >= 15 is 0 Å². The molecule has 0 heterocycles. The van der Waals surface area contributed by atoms with Gasteiger partial charge < -0.3 is 25.2 Å². The first-order valence-electron chi connectivity index (χ1n) is 4.71. The minimum atomic E-state index is -2.23. The molecule has 96 valence electrons. The van der Waals surface area contributed by atoms with Gasteiger partial charge in [0, 0.05) is 6.08 Å². The van der Waals surface area contributed by atoms with Crippen LogP contribution in [0.15, 0.2) is 24.3 Å². The van der Waals surface area contributed by atoms with Crippen LogP contribution in [0.5, 0.6) is 11.5 Å². The number of esters is 1. The predicted molar refractivity (Wildman–Crippen MR) is 58.5 cm³/mol. The van der Waals surface area contributed by atoms with Crippen molar-refractivity contribution in [1.29, 1.82) is 0 Å². The Morgan fingerprint density at radius 1 is 1.22 bits per heavy atom. The topological polar surface area (TPSA) is 124 Å². The highest BCUT2D eigenvalue weighted by atomic mass is 16.7. The van der Waals surface area contributed by atoms with Crippen LogP contribution in [0, 0.1) is 0 Å². The SMILES string of the molecule is O=C(/C=C/c1ccc(O)c(O)c1)O[C@H](O)C(=O)O. The third kappa shape index (κ3) is 3.80. The van der Waals surface area contributed by atoms with E-state index in [4.69, 9.17) is 20.4 Å². The Balaban J connectivity index is 2.66. The lowest BCUT2D eigenvalue weighted by Gasteiger charge is -2.04. The van der Waals surface area contributed by atoms with Crippen molar-refractivity contribution < 1.29 is 34.8 Å². The van der Waals surface area contributed by atoms with Crippen molar-refractivity contribution in [2.75, 3.05) is 0 Å². The van der Waals surface area contributed by atoms with Crippen molar-refractivity contribution >= 4 is 18.0 Å². The van der Waals surface area contributed by atoms with Crippen LogP contribution in [-0.2, 0) is 14.3 Å². The highest BCUT2D eigenvalue weighted by Gasteiger charge is 2.16. The van der Waals surface area contributed by atoms with E-state index in [1.807, 2.05) is 0 Å². The molecule has 0 aromatic heterocycles. The summed E-state index contributed by atoms with van der Waals surface area (Å²) in [5.41, 5.74) is 0.382. The van der Waals surface area contributed by atoms with Gasteiger partial charge >= 0.3 is 11.9 Å². The fraction of sp³-hybridized carbons (Fsp3) is 0.0909. The number of carbonyl (C=O) groups is 2. The normalized spacial score (nSPS) is 12.3. The first-order chi connectivity index (χ1) is 8.40. The lowest BCUT2D eigenvalue weighted by Crippen LogP contribution is -2.25. The molecule has 4 N–H and O–H groups in total.